The molecule has 1 atom stereocenters. The van der Waals surface area contributed by atoms with Gasteiger partial charge in [-0.15, -0.1) is 0 Å². The average Bonchev–Trinajstić information content (AvgIpc) is 2.55. The van der Waals surface area contributed by atoms with Crippen LogP contribution in [0, 0.1) is 0 Å². The van der Waals surface area contributed by atoms with E-state index in [0.717, 1.165) is 17.5 Å². The van der Waals surface area contributed by atoms with E-state index in [2.05, 4.69) is 6.07 Å². The van der Waals surface area contributed by atoms with Crippen LogP contribution in [-0.4, -0.2) is 28.4 Å². The maximum atomic E-state index is 12.9. The van der Waals surface area contributed by atoms with Crippen LogP contribution in [-0.2, 0) is 22.6 Å². The minimum absolute atomic E-state index is 0.0832. The largest absolute Gasteiger partial charge is 0.481 e. The van der Waals surface area contributed by atoms with Gasteiger partial charge in [0.15, 0.2) is 0 Å². The van der Waals surface area contributed by atoms with Crippen LogP contribution in [0.5, 0.6) is 0 Å². The Bertz CT molecular complexity index is 727. The van der Waals surface area contributed by atoms with E-state index in [-0.39, 0.29) is 18.2 Å². The van der Waals surface area contributed by atoms with Gasteiger partial charge in [0.05, 0.1) is 5.92 Å². The lowest BCUT2D eigenvalue weighted by Gasteiger charge is -2.34. The molecule has 0 radical (unpaired) electrons. The zero-order chi connectivity index (χ0) is 16.9. The Morgan fingerprint density at radius 1 is 1.04 bits per heavy atom. The molecule has 1 N–H and O–H groups in total. The van der Waals surface area contributed by atoms with Crippen molar-refractivity contribution >= 4 is 11.9 Å². The van der Waals surface area contributed by atoms with Crippen LogP contribution in [0.3, 0.4) is 0 Å². The summed E-state index contributed by atoms with van der Waals surface area (Å²) in [7, 11) is 0. The van der Waals surface area contributed by atoms with E-state index in [1.807, 2.05) is 48.5 Å². The summed E-state index contributed by atoms with van der Waals surface area (Å²) in [6.45, 7) is 0.997. The topological polar surface area (TPSA) is 57.6 Å². The summed E-state index contributed by atoms with van der Waals surface area (Å²) >= 11 is 0. The zero-order valence-corrected chi connectivity index (χ0v) is 13.5. The molecule has 2 aromatic carbocycles. The molecule has 0 fully saturated rings. The van der Waals surface area contributed by atoms with Crippen LogP contribution in [0.2, 0.25) is 0 Å². The molecule has 3 rings (SSSR count). The first-order chi connectivity index (χ1) is 11.6. The van der Waals surface area contributed by atoms with Gasteiger partial charge in [-0.25, -0.2) is 0 Å². The van der Waals surface area contributed by atoms with Crippen LogP contribution in [0.15, 0.2) is 54.6 Å². The fourth-order valence-corrected chi connectivity index (χ4v) is 3.19. The first-order valence-electron chi connectivity index (χ1n) is 8.27. The van der Waals surface area contributed by atoms with Gasteiger partial charge in [0.25, 0.3) is 0 Å². The van der Waals surface area contributed by atoms with Gasteiger partial charge in [0.1, 0.15) is 0 Å². The summed E-state index contributed by atoms with van der Waals surface area (Å²) < 4.78 is 0. The van der Waals surface area contributed by atoms with Gasteiger partial charge < -0.3 is 10.0 Å². The predicted octanol–water partition coefficient (Wildman–Crippen LogP) is 3.22. The van der Waals surface area contributed by atoms with Gasteiger partial charge >= 0.3 is 5.97 Å². The van der Waals surface area contributed by atoms with Crippen LogP contribution < -0.4 is 0 Å². The van der Waals surface area contributed by atoms with E-state index >= 15 is 0 Å². The minimum atomic E-state index is -0.823. The third kappa shape index (κ3) is 3.65. The number of nitrogens with zero attached hydrogens (tertiary/aromatic N) is 1. The Morgan fingerprint density at radius 3 is 2.46 bits per heavy atom. The first-order valence-corrected chi connectivity index (χ1v) is 8.27. The highest BCUT2D eigenvalue weighted by atomic mass is 16.4. The Balaban J connectivity index is 1.71. The predicted molar refractivity (Wildman–Crippen MR) is 91.6 cm³/mol. The quantitative estimate of drug-likeness (QED) is 0.851. The fourth-order valence-electron chi connectivity index (χ4n) is 3.19. The molecule has 4 nitrogen and oxygen atoms in total. The molecule has 1 amide bonds. The maximum Gasteiger partial charge on any atom is 0.303 e. The number of aliphatic carboxylic acids is 1. The zero-order valence-electron chi connectivity index (χ0n) is 13.5. The van der Waals surface area contributed by atoms with Crippen molar-refractivity contribution in [1.82, 2.24) is 4.90 Å². The van der Waals surface area contributed by atoms with E-state index in [9.17, 15) is 9.59 Å². The SMILES string of the molecule is O=C(O)CCCN(Cc1ccccc1)C(=O)C1Cc2ccccc21. The molecule has 124 valence electrons. The van der Waals surface area contributed by atoms with Crippen LogP contribution in [0.1, 0.15) is 35.4 Å². The van der Waals surface area contributed by atoms with Crippen molar-refractivity contribution in [2.75, 3.05) is 6.54 Å². The molecule has 2 aromatic rings. The van der Waals surface area contributed by atoms with Crippen molar-refractivity contribution in [1.29, 1.82) is 0 Å². The summed E-state index contributed by atoms with van der Waals surface area (Å²) in [5.41, 5.74) is 3.41. The van der Waals surface area contributed by atoms with Gasteiger partial charge in [0, 0.05) is 19.5 Å². The van der Waals surface area contributed by atoms with Gasteiger partial charge in [-0.1, -0.05) is 54.6 Å². The number of hydrogen-bond acceptors (Lipinski definition) is 2. The number of benzene rings is 2. The Labute approximate surface area is 141 Å². The third-order valence-corrected chi connectivity index (χ3v) is 4.50. The number of carbonyl (C=O) groups is 2. The standard InChI is InChI=1S/C20H21NO3/c22-19(23)11-6-12-21(14-15-7-2-1-3-8-15)20(24)18-13-16-9-4-5-10-17(16)18/h1-5,7-10,18H,6,11-14H2,(H,22,23). The van der Waals surface area contributed by atoms with Crippen molar-refractivity contribution < 1.29 is 14.7 Å². The summed E-state index contributed by atoms with van der Waals surface area (Å²) in [5.74, 6) is -0.811. The molecule has 4 heteroatoms. The van der Waals surface area contributed by atoms with Gasteiger partial charge in [-0.2, -0.15) is 0 Å². The molecule has 1 unspecified atom stereocenters. The number of fused-ring (bicyclic) bond motifs is 1. The monoisotopic (exact) mass is 323 g/mol. The second-order valence-corrected chi connectivity index (χ2v) is 6.20. The highest BCUT2D eigenvalue weighted by Crippen LogP contribution is 2.36. The van der Waals surface area contributed by atoms with Crippen LogP contribution in [0.25, 0.3) is 0 Å². The molecule has 1 aliphatic rings. The molecular weight excluding hydrogens is 302 g/mol. The summed E-state index contributed by atoms with van der Waals surface area (Å²) in [6.07, 6.45) is 1.33. The molecule has 0 bridgehead atoms. The number of amides is 1. The Morgan fingerprint density at radius 2 is 1.75 bits per heavy atom. The van der Waals surface area contributed by atoms with Crippen LogP contribution >= 0.6 is 0 Å². The van der Waals surface area contributed by atoms with Crippen molar-refractivity contribution in [2.45, 2.75) is 31.7 Å². The average molecular weight is 323 g/mol. The van der Waals surface area contributed by atoms with Crippen molar-refractivity contribution in [3.8, 4) is 0 Å². The molecule has 0 aromatic heterocycles. The molecule has 0 aliphatic heterocycles. The van der Waals surface area contributed by atoms with E-state index in [4.69, 9.17) is 5.11 Å². The smallest absolute Gasteiger partial charge is 0.303 e. The lowest BCUT2D eigenvalue weighted by Crippen LogP contribution is -2.39. The number of rotatable bonds is 7. The fraction of sp³-hybridized carbons (Fsp3) is 0.300. The molecule has 0 saturated carbocycles. The molecule has 0 spiro atoms. The Kier molecular flexibility index (Phi) is 4.94. The van der Waals surface area contributed by atoms with Gasteiger partial charge in [0.2, 0.25) is 5.91 Å². The van der Waals surface area contributed by atoms with E-state index in [1.165, 1.54) is 5.56 Å². The number of carboxylic acids is 1. The summed E-state index contributed by atoms with van der Waals surface area (Å²) in [4.78, 5) is 25.5. The Hall–Kier alpha value is -2.62. The van der Waals surface area contributed by atoms with E-state index < -0.39 is 5.97 Å². The molecule has 1 aliphatic carbocycles. The maximum absolute atomic E-state index is 12.9. The molecule has 24 heavy (non-hydrogen) atoms. The van der Waals surface area contributed by atoms with Crippen molar-refractivity contribution in [3.05, 3.63) is 71.3 Å². The van der Waals surface area contributed by atoms with Crippen LogP contribution in [0.4, 0.5) is 0 Å². The molecule has 0 heterocycles. The van der Waals surface area contributed by atoms with Gasteiger partial charge in [-0.3, -0.25) is 9.59 Å². The van der Waals surface area contributed by atoms with Crippen molar-refractivity contribution in [3.63, 3.8) is 0 Å². The van der Waals surface area contributed by atoms with Gasteiger partial charge in [-0.05, 0) is 29.5 Å². The minimum Gasteiger partial charge on any atom is -0.481 e. The second-order valence-electron chi connectivity index (χ2n) is 6.20. The number of carbonyl (C=O) groups excluding carboxylic acids is 1. The number of hydrogen-bond donors (Lipinski definition) is 1. The third-order valence-electron chi connectivity index (χ3n) is 4.50. The van der Waals surface area contributed by atoms with Crippen molar-refractivity contribution in [2.24, 2.45) is 0 Å². The molecule has 0 saturated heterocycles. The number of carboxylic acid groups (broad SMARTS) is 1. The first kappa shape index (κ1) is 16.2. The van der Waals surface area contributed by atoms with E-state index in [0.29, 0.717) is 19.5 Å². The normalized spacial score (nSPS) is 15.2. The summed E-state index contributed by atoms with van der Waals surface area (Å²) in [6, 6.07) is 17.9. The second kappa shape index (κ2) is 7.30. The van der Waals surface area contributed by atoms with E-state index in [1.54, 1.807) is 4.90 Å². The highest BCUT2D eigenvalue weighted by molar-refractivity contribution is 5.87. The lowest BCUT2D eigenvalue weighted by molar-refractivity contribution is -0.138. The summed E-state index contributed by atoms with van der Waals surface area (Å²) in [5, 5.41) is 8.85. The lowest BCUT2D eigenvalue weighted by atomic mass is 9.77. The highest BCUT2D eigenvalue weighted by Gasteiger charge is 2.34. The molecular formula is C20H21NO3.